The molecule has 0 aromatic heterocycles. The van der Waals surface area contributed by atoms with Crippen molar-refractivity contribution in [3.63, 3.8) is 0 Å². The minimum Gasteiger partial charge on any atom is -0.481 e. The lowest BCUT2D eigenvalue weighted by atomic mass is 9.66. The molecule has 5 nitrogen and oxygen atoms in total. The van der Waals surface area contributed by atoms with E-state index in [1.54, 1.807) is 61.2 Å². The Hall–Kier alpha value is -2.29. The molecule has 2 aromatic rings. The fourth-order valence-electron chi connectivity index (χ4n) is 5.41. The smallest absolute Gasteiger partial charge is 0.416 e. The van der Waals surface area contributed by atoms with Gasteiger partial charge in [0, 0.05) is 22.0 Å². The van der Waals surface area contributed by atoms with E-state index in [-0.39, 0.29) is 12.8 Å². The molecule has 1 aliphatic rings. The highest BCUT2D eigenvalue weighted by Gasteiger charge is 2.54. The quantitative estimate of drug-likeness (QED) is 0.327. The molecule has 1 fully saturated rings. The van der Waals surface area contributed by atoms with Gasteiger partial charge < -0.3 is 15.1 Å². The summed E-state index contributed by atoms with van der Waals surface area (Å²) in [5, 5.41) is 20.7. The van der Waals surface area contributed by atoms with E-state index >= 15 is 0 Å². The molecule has 38 heavy (non-hydrogen) atoms. The van der Waals surface area contributed by atoms with Crippen LogP contribution in [0.1, 0.15) is 76.0 Å². The van der Waals surface area contributed by atoms with Crippen molar-refractivity contribution in [2.45, 2.75) is 82.7 Å². The van der Waals surface area contributed by atoms with Crippen LogP contribution in [0, 0.1) is 5.41 Å². The number of carboxylic acid groups (broad SMARTS) is 1. The van der Waals surface area contributed by atoms with E-state index in [1.165, 1.54) is 0 Å². The first kappa shape index (κ1) is 30.3. The Kier molecular flexibility index (Phi) is 9.11. The number of alkyl halides is 3. The predicted molar refractivity (Wildman–Crippen MR) is 140 cm³/mol. The third kappa shape index (κ3) is 6.46. The number of aliphatic hydroxyl groups is 1. The Labute approximate surface area is 230 Å². The molecule has 5 atom stereocenters. The number of halogens is 5. The third-order valence-electron chi connectivity index (χ3n) is 7.57. The molecule has 1 saturated heterocycles. The summed E-state index contributed by atoms with van der Waals surface area (Å²) in [6, 6.07) is 12.6. The van der Waals surface area contributed by atoms with E-state index in [0.29, 0.717) is 22.0 Å². The van der Waals surface area contributed by atoms with Gasteiger partial charge in [0.2, 0.25) is 5.91 Å². The highest BCUT2D eigenvalue weighted by Crippen LogP contribution is 2.52. The standard InChI is InChI=1S/C28H32Cl2F3NO4/c1-4-21(12-13-27(3,38)28(31,32)33)34-24(17-8-10-19(29)11-9-17)22(18-6-5-7-20(30)14-18)15-26(2,25(34)37)16-23(35)36/h5-11,14,21-22,24,38H,4,12-13,15-16H2,1-3H3,(H,35,36). The fraction of sp³-hybridized carbons (Fsp3) is 0.500. The molecular weight excluding hydrogens is 542 g/mol. The van der Waals surface area contributed by atoms with Crippen molar-refractivity contribution in [2.24, 2.45) is 5.41 Å². The molecule has 10 heteroatoms. The minimum absolute atomic E-state index is 0.135. The van der Waals surface area contributed by atoms with Crippen molar-refractivity contribution in [3.05, 3.63) is 69.7 Å². The van der Waals surface area contributed by atoms with Crippen LogP contribution < -0.4 is 0 Å². The zero-order valence-corrected chi connectivity index (χ0v) is 22.9. The SMILES string of the molecule is CCC(CCC(C)(O)C(F)(F)F)N1C(=O)C(C)(CC(=O)O)CC(c2cccc(Cl)c2)C1c1ccc(Cl)cc1. The Morgan fingerprint density at radius 3 is 2.29 bits per heavy atom. The summed E-state index contributed by atoms with van der Waals surface area (Å²) >= 11 is 12.4. The number of carbonyl (C=O) groups excluding carboxylic acids is 1. The molecule has 2 aromatic carbocycles. The number of amides is 1. The largest absolute Gasteiger partial charge is 0.481 e. The lowest BCUT2D eigenvalue weighted by molar-refractivity contribution is -0.256. The fourth-order valence-corrected chi connectivity index (χ4v) is 5.73. The van der Waals surface area contributed by atoms with Crippen molar-refractivity contribution >= 4 is 35.1 Å². The monoisotopic (exact) mass is 573 g/mol. The molecule has 0 aliphatic carbocycles. The van der Waals surface area contributed by atoms with E-state index in [4.69, 9.17) is 23.2 Å². The molecule has 208 valence electrons. The molecule has 3 rings (SSSR count). The molecule has 5 unspecified atom stereocenters. The van der Waals surface area contributed by atoms with Gasteiger partial charge in [-0.1, -0.05) is 61.3 Å². The molecule has 2 N–H and O–H groups in total. The van der Waals surface area contributed by atoms with Crippen molar-refractivity contribution in [1.82, 2.24) is 4.90 Å². The van der Waals surface area contributed by atoms with Crippen LogP contribution in [-0.2, 0) is 9.59 Å². The second kappa shape index (κ2) is 11.4. The average Bonchev–Trinajstić information content (AvgIpc) is 2.81. The Morgan fingerprint density at radius 1 is 1.13 bits per heavy atom. The highest BCUT2D eigenvalue weighted by atomic mass is 35.5. The number of carboxylic acids is 1. The van der Waals surface area contributed by atoms with Crippen LogP contribution in [0.4, 0.5) is 13.2 Å². The second-order valence-corrected chi connectivity index (χ2v) is 11.5. The van der Waals surface area contributed by atoms with Crippen molar-refractivity contribution in [2.75, 3.05) is 0 Å². The second-order valence-electron chi connectivity index (χ2n) is 10.6. The summed E-state index contributed by atoms with van der Waals surface area (Å²) in [6.07, 6.45) is -5.54. The first-order chi connectivity index (χ1) is 17.6. The van der Waals surface area contributed by atoms with Gasteiger partial charge in [0.15, 0.2) is 5.60 Å². The van der Waals surface area contributed by atoms with Crippen LogP contribution in [0.25, 0.3) is 0 Å². The summed E-state index contributed by atoms with van der Waals surface area (Å²) in [6.45, 7) is 4.07. The Morgan fingerprint density at radius 2 is 1.76 bits per heavy atom. The zero-order valence-electron chi connectivity index (χ0n) is 21.4. The number of benzene rings is 2. The molecule has 1 amide bonds. The van der Waals surface area contributed by atoms with Crippen LogP contribution in [-0.4, -0.2) is 44.8 Å². The van der Waals surface area contributed by atoms with Crippen LogP contribution >= 0.6 is 23.2 Å². The zero-order chi connectivity index (χ0) is 28.5. The van der Waals surface area contributed by atoms with Crippen molar-refractivity contribution in [3.8, 4) is 0 Å². The van der Waals surface area contributed by atoms with Crippen LogP contribution in [0.2, 0.25) is 10.0 Å². The molecule has 1 heterocycles. The molecular formula is C28H32Cl2F3NO4. The molecule has 0 bridgehead atoms. The number of rotatable bonds is 9. The first-order valence-corrected chi connectivity index (χ1v) is 13.2. The summed E-state index contributed by atoms with van der Waals surface area (Å²) in [5.41, 5.74) is -2.76. The lowest BCUT2D eigenvalue weighted by Gasteiger charge is -2.52. The normalized spacial score (nSPS) is 24.7. The molecule has 0 spiro atoms. The molecule has 0 saturated carbocycles. The average molecular weight is 574 g/mol. The maximum atomic E-state index is 14.1. The van der Waals surface area contributed by atoms with Crippen molar-refractivity contribution < 1.29 is 33.0 Å². The maximum absolute atomic E-state index is 14.1. The van der Waals surface area contributed by atoms with Gasteiger partial charge in [-0.05, 0) is 68.0 Å². The van der Waals surface area contributed by atoms with Crippen LogP contribution in [0.15, 0.2) is 48.5 Å². The summed E-state index contributed by atoms with van der Waals surface area (Å²) in [4.78, 5) is 27.5. The van der Waals surface area contributed by atoms with E-state index in [2.05, 4.69) is 0 Å². The number of hydrogen-bond donors (Lipinski definition) is 2. The van der Waals surface area contributed by atoms with Crippen LogP contribution in [0.5, 0.6) is 0 Å². The van der Waals surface area contributed by atoms with E-state index in [1.807, 2.05) is 6.07 Å². The maximum Gasteiger partial charge on any atom is 0.416 e. The van der Waals surface area contributed by atoms with Gasteiger partial charge in [-0.15, -0.1) is 0 Å². The van der Waals surface area contributed by atoms with Gasteiger partial charge in [-0.3, -0.25) is 9.59 Å². The van der Waals surface area contributed by atoms with Gasteiger partial charge in [-0.25, -0.2) is 0 Å². The third-order valence-corrected chi connectivity index (χ3v) is 8.06. The number of carbonyl (C=O) groups is 2. The number of piperidine rings is 1. The number of likely N-dealkylation sites (tertiary alicyclic amines) is 1. The van der Waals surface area contributed by atoms with Crippen molar-refractivity contribution in [1.29, 1.82) is 0 Å². The van der Waals surface area contributed by atoms with E-state index < -0.39 is 59.9 Å². The molecule has 0 radical (unpaired) electrons. The molecule has 1 aliphatic heterocycles. The highest BCUT2D eigenvalue weighted by molar-refractivity contribution is 6.30. The van der Waals surface area contributed by atoms with Gasteiger partial charge in [0.05, 0.1) is 17.9 Å². The lowest BCUT2D eigenvalue weighted by Crippen LogP contribution is -2.56. The summed E-state index contributed by atoms with van der Waals surface area (Å²) in [5.74, 6) is -2.01. The number of nitrogens with zero attached hydrogens (tertiary/aromatic N) is 1. The topological polar surface area (TPSA) is 77.8 Å². The van der Waals surface area contributed by atoms with Crippen LogP contribution in [0.3, 0.4) is 0 Å². The Balaban J connectivity index is 2.18. The number of aliphatic carboxylic acids is 1. The first-order valence-electron chi connectivity index (χ1n) is 12.4. The van der Waals surface area contributed by atoms with E-state index in [0.717, 1.165) is 12.5 Å². The predicted octanol–water partition coefficient (Wildman–Crippen LogP) is 7.40. The van der Waals surface area contributed by atoms with Gasteiger partial charge in [0.1, 0.15) is 0 Å². The summed E-state index contributed by atoms with van der Waals surface area (Å²) in [7, 11) is 0. The minimum atomic E-state index is -4.84. The Bertz CT molecular complexity index is 1160. The van der Waals surface area contributed by atoms with E-state index in [9.17, 15) is 33.0 Å². The van der Waals surface area contributed by atoms with Gasteiger partial charge in [-0.2, -0.15) is 13.2 Å². The number of hydrogen-bond acceptors (Lipinski definition) is 3. The summed E-state index contributed by atoms with van der Waals surface area (Å²) < 4.78 is 40.4. The van der Waals surface area contributed by atoms with Gasteiger partial charge >= 0.3 is 12.1 Å². The van der Waals surface area contributed by atoms with Gasteiger partial charge in [0.25, 0.3) is 0 Å².